The fourth-order valence-corrected chi connectivity index (χ4v) is 3.51. The number of piperidine rings is 1. The van der Waals surface area contributed by atoms with Crippen LogP contribution in [0, 0.1) is 0 Å². The van der Waals surface area contributed by atoms with E-state index >= 15 is 0 Å². The normalized spacial score (nSPS) is 23.2. The first-order valence-corrected chi connectivity index (χ1v) is 7.75. The zero-order chi connectivity index (χ0) is 13.1. The SMILES string of the molecule is Cn1ccnc1CCN1CCC(N2CCCC2)CC1. The first kappa shape index (κ1) is 13.1. The van der Waals surface area contributed by atoms with Gasteiger partial charge in [0.15, 0.2) is 0 Å². The molecule has 0 amide bonds. The van der Waals surface area contributed by atoms with Crippen LogP contribution in [0.3, 0.4) is 0 Å². The zero-order valence-corrected chi connectivity index (χ0v) is 12.1. The first-order valence-electron chi connectivity index (χ1n) is 7.75. The summed E-state index contributed by atoms with van der Waals surface area (Å²) in [7, 11) is 2.09. The fraction of sp³-hybridized carbons (Fsp3) is 0.800. The quantitative estimate of drug-likeness (QED) is 0.822. The van der Waals surface area contributed by atoms with Crippen molar-refractivity contribution in [1.29, 1.82) is 0 Å². The lowest BCUT2D eigenvalue weighted by Crippen LogP contribution is -2.44. The minimum absolute atomic E-state index is 0.868. The van der Waals surface area contributed by atoms with E-state index in [0.29, 0.717) is 0 Å². The average Bonchev–Trinajstić information content (AvgIpc) is 3.09. The van der Waals surface area contributed by atoms with Crippen molar-refractivity contribution in [3.8, 4) is 0 Å². The van der Waals surface area contributed by atoms with Gasteiger partial charge >= 0.3 is 0 Å². The lowest BCUT2D eigenvalue weighted by Gasteiger charge is -2.36. The number of likely N-dealkylation sites (tertiary alicyclic amines) is 2. The van der Waals surface area contributed by atoms with Crippen LogP contribution in [0.1, 0.15) is 31.5 Å². The Morgan fingerprint density at radius 1 is 1.16 bits per heavy atom. The lowest BCUT2D eigenvalue weighted by molar-refractivity contribution is 0.127. The van der Waals surface area contributed by atoms with Crippen LogP contribution in [0.25, 0.3) is 0 Å². The summed E-state index contributed by atoms with van der Waals surface area (Å²) in [5.74, 6) is 1.21. The molecule has 19 heavy (non-hydrogen) atoms. The van der Waals surface area contributed by atoms with Crippen LogP contribution in [0.15, 0.2) is 12.4 Å². The van der Waals surface area contributed by atoms with Crippen molar-refractivity contribution in [2.24, 2.45) is 7.05 Å². The molecule has 3 heterocycles. The second-order valence-corrected chi connectivity index (χ2v) is 6.02. The van der Waals surface area contributed by atoms with Gasteiger partial charge in [0.25, 0.3) is 0 Å². The number of aryl methyl sites for hydroxylation is 1. The van der Waals surface area contributed by atoms with E-state index in [1.807, 2.05) is 12.4 Å². The maximum atomic E-state index is 4.41. The highest BCUT2D eigenvalue weighted by atomic mass is 15.2. The van der Waals surface area contributed by atoms with Crippen LogP contribution < -0.4 is 0 Å². The molecule has 4 heteroatoms. The number of imidazole rings is 1. The van der Waals surface area contributed by atoms with E-state index in [-0.39, 0.29) is 0 Å². The van der Waals surface area contributed by atoms with E-state index in [4.69, 9.17) is 0 Å². The molecule has 2 saturated heterocycles. The second-order valence-electron chi connectivity index (χ2n) is 6.02. The Morgan fingerprint density at radius 3 is 2.53 bits per heavy atom. The molecule has 0 aromatic carbocycles. The van der Waals surface area contributed by atoms with Crippen molar-refractivity contribution < 1.29 is 0 Å². The Bertz CT molecular complexity index is 387. The van der Waals surface area contributed by atoms with E-state index in [0.717, 1.165) is 19.0 Å². The largest absolute Gasteiger partial charge is 0.338 e. The highest BCUT2D eigenvalue weighted by Gasteiger charge is 2.26. The second kappa shape index (κ2) is 6.06. The van der Waals surface area contributed by atoms with Crippen LogP contribution in [-0.4, -0.2) is 58.1 Å². The standard InChI is InChI=1S/C15H26N4/c1-17-13-7-16-15(17)6-12-18-10-4-14(5-11-18)19-8-2-3-9-19/h7,13-14H,2-6,8-12H2,1H3. The van der Waals surface area contributed by atoms with Crippen molar-refractivity contribution in [3.63, 3.8) is 0 Å². The molecule has 2 aliphatic heterocycles. The van der Waals surface area contributed by atoms with E-state index in [2.05, 4.69) is 26.4 Å². The third kappa shape index (κ3) is 3.18. The number of aromatic nitrogens is 2. The van der Waals surface area contributed by atoms with Gasteiger partial charge in [0.2, 0.25) is 0 Å². The summed E-state index contributed by atoms with van der Waals surface area (Å²) in [5, 5.41) is 0. The van der Waals surface area contributed by atoms with Gasteiger partial charge in [-0.2, -0.15) is 0 Å². The summed E-state index contributed by atoms with van der Waals surface area (Å²) in [5.41, 5.74) is 0. The smallest absolute Gasteiger partial charge is 0.109 e. The third-order valence-corrected chi connectivity index (χ3v) is 4.79. The lowest BCUT2D eigenvalue weighted by atomic mass is 10.0. The molecule has 0 atom stereocenters. The number of hydrogen-bond donors (Lipinski definition) is 0. The maximum absolute atomic E-state index is 4.41. The van der Waals surface area contributed by atoms with Crippen molar-refractivity contribution >= 4 is 0 Å². The Morgan fingerprint density at radius 2 is 1.89 bits per heavy atom. The predicted molar refractivity (Wildman–Crippen MR) is 77.2 cm³/mol. The fourth-order valence-electron chi connectivity index (χ4n) is 3.51. The van der Waals surface area contributed by atoms with Gasteiger partial charge in [-0.1, -0.05) is 0 Å². The maximum Gasteiger partial charge on any atom is 0.109 e. The monoisotopic (exact) mass is 262 g/mol. The molecular weight excluding hydrogens is 236 g/mol. The molecule has 1 aromatic rings. The molecule has 1 aromatic heterocycles. The van der Waals surface area contributed by atoms with Gasteiger partial charge in [-0.15, -0.1) is 0 Å². The van der Waals surface area contributed by atoms with Gasteiger partial charge in [-0.25, -0.2) is 4.98 Å². The van der Waals surface area contributed by atoms with E-state index in [1.54, 1.807) is 0 Å². The summed E-state index contributed by atoms with van der Waals surface area (Å²) < 4.78 is 2.14. The molecule has 2 fully saturated rings. The molecule has 0 radical (unpaired) electrons. The molecule has 3 rings (SSSR count). The molecular formula is C15H26N4. The molecule has 4 nitrogen and oxygen atoms in total. The summed E-state index contributed by atoms with van der Waals surface area (Å²) in [6.07, 6.45) is 10.6. The number of hydrogen-bond acceptors (Lipinski definition) is 3. The van der Waals surface area contributed by atoms with Gasteiger partial charge in [-0.05, 0) is 51.9 Å². The summed E-state index contributed by atoms with van der Waals surface area (Å²) in [6.45, 7) is 6.39. The van der Waals surface area contributed by atoms with Crippen LogP contribution in [0.2, 0.25) is 0 Å². The summed E-state index contributed by atoms with van der Waals surface area (Å²) >= 11 is 0. The molecule has 0 aliphatic carbocycles. The van der Waals surface area contributed by atoms with E-state index < -0.39 is 0 Å². The van der Waals surface area contributed by atoms with Crippen LogP contribution >= 0.6 is 0 Å². The highest BCUT2D eigenvalue weighted by Crippen LogP contribution is 2.21. The minimum atomic E-state index is 0.868. The van der Waals surface area contributed by atoms with Crippen LogP contribution in [-0.2, 0) is 13.5 Å². The van der Waals surface area contributed by atoms with Gasteiger partial charge in [-0.3, -0.25) is 0 Å². The van der Waals surface area contributed by atoms with Crippen molar-refractivity contribution in [1.82, 2.24) is 19.4 Å². The van der Waals surface area contributed by atoms with Crippen molar-refractivity contribution in [3.05, 3.63) is 18.2 Å². The minimum Gasteiger partial charge on any atom is -0.338 e. The van der Waals surface area contributed by atoms with Crippen LogP contribution in [0.4, 0.5) is 0 Å². The van der Waals surface area contributed by atoms with Gasteiger partial charge < -0.3 is 14.4 Å². The van der Waals surface area contributed by atoms with Crippen molar-refractivity contribution in [2.45, 2.75) is 38.1 Å². The topological polar surface area (TPSA) is 24.3 Å². The molecule has 0 bridgehead atoms. The highest BCUT2D eigenvalue weighted by molar-refractivity contribution is 4.92. The zero-order valence-electron chi connectivity index (χ0n) is 12.1. The predicted octanol–water partition coefficient (Wildman–Crippen LogP) is 1.52. The third-order valence-electron chi connectivity index (χ3n) is 4.79. The first-order chi connectivity index (χ1) is 9.33. The average molecular weight is 262 g/mol. The summed E-state index contributed by atoms with van der Waals surface area (Å²) in [6, 6.07) is 0.868. The Labute approximate surface area is 116 Å². The molecule has 0 spiro atoms. The van der Waals surface area contributed by atoms with E-state index in [9.17, 15) is 0 Å². The Hall–Kier alpha value is -0.870. The van der Waals surface area contributed by atoms with Gasteiger partial charge in [0.05, 0.1) is 0 Å². The molecule has 106 valence electrons. The molecule has 0 saturated carbocycles. The number of nitrogens with zero attached hydrogens (tertiary/aromatic N) is 4. The van der Waals surface area contributed by atoms with Crippen LogP contribution in [0.5, 0.6) is 0 Å². The number of rotatable bonds is 4. The Balaban J connectivity index is 1.41. The Kier molecular flexibility index (Phi) is 4.18. The molecule has 0 N–H and O–H groups in total. The molecule has 0 unspecified atom stereocenters. The van der Waals surface area contributed by atoms with Crippen molar-refractivity contribution in [2.75, 3.05) is 32.7 Å². The molecule has 2 aliphatic rings. The van der Waals surface area contributed by atoms with Gasteiger partial charge in [0.1, 0.15) is 5.82 Å². The summed E-state index contributed by atoms with van der Waals surface area (Å²) in [4.78, 5) is 9.74. The van der Waals surface area contributed by atoms with E-state index in [1.165, 1.54) is 57.7 Å². The van der Waals surface area contributed by atoms with Gasteiger partial charge in [0, 0.05) is 38.4 Å².